The Hall–Kier alpha value is -1.26. The fourth-order valence-electron chi connectivity index (χ4n) is 2.44. The maximum absolute atomic E-state index is 5.83. The van der Waals surface area contributed by atoms with Gasteiger partial charge in [-0.3, -0.25) is 0 Å². The van der Waals surface area contributed by atoms with E-state index in [0.717, 1.165) is 51.6 Å². The van der Waals surface area contributed by atoms with Crippen molar-refractivity contribution in [3.8, 4) is 5.75 Å². The van der Waals surface area contributed by atoms with Crippen molar-refractivity contribution < 1.29 is 9.47 Å². The number of anilines is 1. The van der Waals surface area contributed by atoms with Gasteiger partial charge >= 0.3 is 0 Å². The summed E-state index contributed by atoms with van der Waals surface area (Å²) in [6.07, 6.45) is 1.05. The zero-order valence-electron chi connectivity index (χ0n) is 14.7. The summed E-state index contributed by atoms with van der Waals surface area (Å²) in [5.41, 5.74) is 2.45. The van der Waals surface area contributed by atoms with Crippen molar-refractivity contribution in [3.63, 3.8) is 0 Å². The lowest BCUT2D eigenvalue weighted by molar-refractivity contribution is 0.144. The van der Waals surface area contributed by atoms with Gasteiger partial charge in [-0.1, -0.05) is 6.07 Å². The molecule has 0 amide bonds. The maximum Gasteiger partial charge on any atom is 0.142 e. The summed E-state index contributed by atoms with van der Waals surface area (Å²) in [5.74, 6) is 0.986. The predicted octanol–water partition coefficient (Wildman–Crippen LogP) is 3.45. The summed E-state index contributed by atoms with van der Waals surface area (Å²) in [7, 11) is 0. The van der Waals surface area contributed by atoms with Crippen LogP contribution in [-0.2, 0) is 11.3 Å². The average Bonchev–Trinajstić information content (AvgIpc) is 2.54. The molecule has 1 N–H and O–H groups in total. The second-order valence-electron chi connectivity index (χ2n) is 5.13. The van der Waals surface area contributed by atoms with E-state index in [1.807, 2.05) is 13.8 Å². The average molecular weight is 308 g/mol. The van der Waals surface area contributed by atoms with E-state index in [0.29, 0.717) is 6.61 Å². The third-order valence-corrected chi connectivity index (χ3v) is 3.60. The van der Waals surface area contributed by atoms with E-state index < -0.39 is 0 Å². The van der Waals surface area contributed by atoms with Crippen LogP contribution < -0.4 is 15.0 Å². The van der Waals surface area contributed by atoms with Gasteiger partial charge in [0.15, 0.2) is 0 Å². The topological polar surface area (TPSA) is 33.7 Å². The van der Waals surface area contributed by atoms with Crippen molar-refractivity contribution in [1.82, 2.24) is 5.32 Å². The summed E-state index contributed by atoms with van der Waals surface area (Å²) in [6, 6.07) is 6.52. The number of rotatable bonds is 12. The van der Waals surface area contributed by atoms with Gasteiger partial charge in [-0.25, -0.2) is 0 Å². The molecule has 0 aromatic heterocycles. The van der Waals surface area contributed by atoms with Gasteiger partial charge in [0.1, 0.15) is 5.75 Å². The van der Waals surface area contributed by atoms with Gasteiger partial charge in [-0.15, -0.1) is 0 Å². The molecule has 0 heterocycles. The third kappa shape index (κ3) is 6.24. The minimum Gasteiger partial charge on any atom is -0.492 e. The first-order valence-corrected chi connectivity index (χ1v) is 8.55. The SMILES string of the molecule is CCOCCCNCc1ccc(N(CC)CC)c(OCC)c1. The second kappa shape index (κ2) is 11.3. The second-order valence-corrected chi connectivity index (χ2v) is 5.13. The van der Waals surface area contributed by atoms with Crippen molar-refractivity contribution in [2.24, 2.45) is 0 Å². The first-order chi connectivity index (χ1) is 10.8. The van der Waals surface area contributed by atoms with Crippen molar-refractivity contribution in [1.29, 1.82) is 0 Å². The molecule has 0 aliphatic carbocycles. The molecule has 0 aliphatic heterocycles. The number of nitrogens with zero attached hydrogens (tertiary/aromatic N) is 1. The highest BCUT2D eigenvalue weighted by Crippen LogP contribution is 2.29. The van der Waals surface area contributed by atoms with Crippen LogP contribution in [0.25, 0.3) is 0 Å². The van der Waals surface area contributed by atoms with Crippen LogP contribution in [0.1, 0.15) is 39.7 Å². The molecule has 0 radical (unpaired) electrons. The van der Waals surface area contributed by atoms with Crippen molar-refractivity contribution >= 4 is 5.69 Å². The predicted molar refractivity (Wildman–Crippen MR) is 94.0 cm³/mol. The third-order valence-electron chi connectivity index (χ3n) is 3.60. The van der Waals surface area contributed by atoms with Crippen LogP contribution in [-0.4, -0.2) is 39.5 Å². The fourth-order valence-corrected chi connectivity index (χ4v) is 2.44. The zero-order chi connectivity index (χ0) is 16.2. The molecular weight excluding hydrogens is 276 g/mol. The smallest absolute Gasteiger partial charge is 0.142 e. The van der Waals surface area contributed by atoms with Crippen LogP contribution in [0.4, 0.5) is 5.69 Å². The minimum atomic E-state index is 0.694. The molecule has 1 aromatic carbocycles. The molecule has 4 heteroatoms. The van der Waals surface area contributed by atoms with E-state index in [-0.39, 0.29) is 0 Å². The molecule has 0 spiro atoms. The Labute approximate surface area is 135 Å². The Balaban J connectivity index is 2.59. The summed E-state index contributed by atoms with van der Waals surface area (Å²) in [4.78, 5) is 2.32. The van der Waals surface area contributed by atoms with Gasteiger partial charge in [-0.05, 0) is 58.4 Å². The van der Waals surface area contributed by atoms with E-state index in [1.54, 1.807) is 0 Å². The Morgan fingerprint density at radius 3 is 2.45 bits per heavy atom. The molecule has 0 atom stereocenters. The van der Waals surface area contributed by atoms with Gasteiger partial charge in [0.25, 0.3) is 0 Å². The molecular formula is C18H32N2O2. The molecule has 4 nitrogen and oxygen atoms in total. The van der Waals surface area contributed by atoms with Crippen LogP contribution in [0.15, 0.2) is 18.2 Å². The van der Waals surface area contributed by atoms with Gasteiger partial charge in [-0.2, -0.15) is 0 Å². The Bertz CT molecular complexity index is 406. The molecule has 1 aromatic rings. The highest BCUT2D eigenvalue weighted by Gasteiger charge is 2.10. The zero-order valence-corrected chi connectivity index (χ0v) is 14.7. The summed E-state index contributed by atoms with van der Waals surface area (Å²) in [5, 5.41) is 3.46. The number of benzene rings is 1. The van der Waals surface area contributed by atoms with Crippen molar-refractivity contribution in [3.05, 3.63) is 23.8 Å². The standard InChI is InChI=1S/C18H32N2O2/c1-5-20(6-2)17-11-10-16(14-18(17)22-8-4)15-19-12-9-13-21-7-3/h10-11,14,19H,5-9,12-13,15H2,1-4H3. The van der Waals surface area contributed by atoms with Gasteiger partial charge < -0.3 is 19.7 Å². The molecule has 0 bridgehead atoms. The largest absolute Gasteiger partial charge is 0.492 e. The number of ether oxygens (including phenoxy) is 2. The minimum absolute atomic E-state index is 0.694. The van der Waals surface area contributed by atoms with Crippen molar-refractivity contribution in [2.45, 2.75) is 40.7 Å². The normalized spacial score (nSPS) is 10.7. The maximum atomic E-state index is 5.83. The van der Waals surface area contributed by atoms with E-state index in [4.69, 9.17) is 9.47 Å². The molecule has 22 heavy (non-hydrogen) atoms. The first-order valence-electron chi connectivity index (χ1n) is 8.55. The Morgan fingerprint density at radius 2 is 1.82 bits per heavy atom. The van der Waals surface area contributed by atoms with Gasteiger partial charge in [0, 0.05) is 32.8 Å². The van der Waals surface area contributed by atoms with Crippen LogP contribution in [0.2, 0.25) is 0 Å². The molecule has 1 rings (SSSR count). The van der Waals surface area contributed by atoms with E-state index in [9.17, 15) is 0 Å². The summed E-state index contributed by atoms with van der Waals surface area (Å²) >= 11 is 0. The Morgan fingerprint density at radius 1 is 1.05 bits per heavy atom. The molecule has 0 fully saturated rings. The molecule has 0 unspecified atom stereocenters. The summed E-state index contributed by atoms with van der Waals surface area (Å²) < 4.78 is 11.2. The van der Waals surface area contributed by atoms with Gasteiger partial charge in [0.05, 0.1) is 12.3 Å². The quantitative estimate of drug-likeness (QED) is 0.600. The van der Waals surface area contributed by atoms with E-state index >= 15 is 0 Å². The lowest BCUT2D eigenvalue weighted by Gasteiger charge is -2.24. The van der Waals surface area contributed by atoms with Crippen LogP contribution in [0.5, 0.6) is 5.75 Å². The van der Waals surface area contributed by atoms with E-state index in [2.05, 4.69) is 42.3 Å². The Kier molecular flexibility index (Phi) is 9.67. The lowest BCUT2D eigenvalue weighted by atomic mass is 10.1. The first kappa shape index (κ1) is 18.8. The number of hydrogen-bond acceptors (Lipinski definition) is 4. The van der Waals surface area contributed by atoms with Crippen molar-refractivity contribution in [2.75, 3.05) is 44.4 Å². The molecule has 126 valence electrons. The molecule has 0 saturated carbocycles. The number of nitrogens with one attached hydrogen (secondary N) is 1. The van der Waals surface area contributed by atoms with Crippen LogP contribution in [0.3, 0.4) is 0 Å². The van der Waals surface area contributed by atoms with Crippen LogP contribution >= 0.6 is 0 Å². The molecule has 0 aliphatic rings. The monoisotopic (exact) mass is 308 g/mol. The van der Waals surface area contributed by atoms with E-state index in [1.165, 1.54) is 11.3 Å². The molecule has 0 saturated heterocycles. The number of hydrogen-bond donors (Lipinski definition) is 1. The highest BCUT2D eigenvalue weighted by molar-refractivity contribution is 5.59. The summed E-state index contributed by atoms with van der Waals surface area (Å²) in [6.45, 7) is 14.5. The fraction of sp³-hybridized carbons (Fsp3) is 0.667. The lowest BCUT2D eigenvalue weighted by Crippen LogP contribution is -2.23. The van der Waals surface area contributed by atoms with Gasteiger partial charge in [0.2, 0.25) is 0 Å². The highest BCUT2D eigenvalue weighted by atomic mass is 16.5. The van der Waals surface area contributed by atoms with Crippen LogP contribution in [0, 0.1) is 0 Å².